The van der Waals surface area contributed by atoms with Gasteiger partial charge in [-0.25, -0.2) is 0 Å². The Morgan fingerprint density at radius 2 is 2.07 bits per heavy atom. The van der Waals surface area contributed by atoms with Crippen molar-refractivity contribution in [3.63, 3.8) is 0 Å². The van der Waals surface area contributed by atoms with Crippen LogP contribution in [0.15, 0.2) is 41.8 Å². The highest BCUT2D eigenvalue weighted by atomic mass is 32.2. The van der Waals surface area contributed by atoms with E-state index in [-0.39, 0.29) is 17.2 Å². The number of rotatable bonds is 9. The molecule has 27 heavy (non-hydrogen) atoms. The largest absolute Gasteiger partial charge is 0.344 e. The molecule has 0 spiro atoms. The van der Waals surface area contributed by atoms with Gasteiger partial charge < -0.3 is 10.2 Å². The summed E-state index contributed by atoms with van der Waals surface area (Å²) in [6.45, 7) is 3.43. The van der Waals surface area contributed by atoms with Gasteiger partial charge in [0.2, 0.25) is 5.91 Å². The monoisotopic (exact) mass is 402 g/mol. The lowest BCUT2D eigenvalue weighted by atomic mass is 10.0. The van der Waals surface area contributed by atoms with Crippen molar-refractivity contribution >= 4 is 34.2 Å². The van der Waals surface area contributed by atoms with E-state index in [0.717, 1.165) is 29.2 Å². The number of carbonyl (C=O) groups is 2. The smallest absolute Gasteiger partial charge is 0.281 e. The number of amides is 2. The molecule has 3 rings (SSSR count). The lowest BCUT2D eigenvalue weighted by molar-refractivity contribution is -0.121. The van der Waals surface area contributed by atoms with Gasteiger partial charge in [-0.1, -0.05) is 55.4 Å². The van der Waals surface area contributed by atoms with Gasteiger partial charge in [-0.2, -0.15) is 0 Å². The molecule has 1 saturated heterocycles. The number of nitrogens with zero attached hydrogens (tertiary/aromatic N) is 1. The minimum absolute atomic E-state index is 0.0202. The molecule has 1 fully saturated rings. The summed E-state index contributed by atoms with van der Waals surface area (Å²) < 4.78 is 0. The van der Waals surface area contributed by atoms with Gasteiger partial charge in [-0.3, -0.25) is 9.59 Å². The average molecular weight is 403 g/mol. The molecule has 0 saturated carbocycles. The molecule has 1 unspecified atom stereocenters. The van der Waals surface area contributed by atoms with Crippen LogP contribution >= 0.6 is 23.1 Å². The first-order valence-electron chi connectivity index (χ1n) is 9.50. The van der Waals surface area contributed by atoms with Crippen LogP contribution in [0.4, 0.5) is 4.79 Å². The van der Waals surface area contributed by atoms with Crippen LogP contribution in [-0.4, -0.2) is 34.9 Å². The zero-order valence-corrected chi connectivity index (χ0v) is 17.3. The SMILES string of the molecule is CCCCc1ccc(C(NC(=O)CCN2CCSC2=O)c2cccs2)cc1. The third-order valence-corrected chi connectivity index (χ3v) is 6.55. The van der Waals surface area contributed by atoms with Crippen molar-refractivity contribution in [2.45, 2.75) is 38.6 Å². The maximum absolute atomic E-state index is 12.5. The van der Waals surface area contributed by atoms with Gasteiger partial charge in [-0.05, 0) is 35.4 Å². The van der Waals surface area contributed by atoms with Crippen LogP contribution in [-0.2, 0) is 11.2 Å². The lowest BCUT2D eigenvalue weighted by Gasteiger charge is -2.20. The Kier molecular flexibility index (Phi) is 7.35. The highest BCUT2D eigenvalue weighted by Gasteiger charge is 2.23. The van der Waals surface area contributed by atoms with Crippen molar-refractivity contribution in [3.05, 3.63) is 57.8 Å². The number of carbonyl (C=O) groups excluding carboxylic acids is 2. The quantitative estimate of drug-likeness (QED) is 0.652. The topological polar surface area (TPSA) is 49.4 Å². The first-order valence-corrected chi connectivity index (χ1v) is 11.4. The molecular weight excluding hydrogens is 376 g/mol. The molecule has 6 heteroatoms. The van der Waals surface area contributed by atoms with Crippen LogP contribution in [0.25, 0.3) is 0 Å². The predicted octanol–water partition coefficient (Wildman–Crippen LogP) is 4.86. The second-order valence-electron chi connectivity index (χ2n) is 6.71. The number of unbranched alkanes of at least 4 members (excludes halogenated alkanes) is 1. The molecule has 2 aromatic rings. The van der Waals surface area contributed by atoms with Crippen LogP contribution in [0.5, 0.6) is 0 Å². The van der Waals surface area contributed by atoms with Crippen molar-refractivity contribution in [1.29, 1.82) is 0 Å². The minimum Gasteiger partial charge on any atom is -0.344 e. The molecule has 0 bridgehead atoms. The van der Waals surface area contributed by atoms with E-state index >= 15 is 0 Å². The molecule has 2 heterocycles. The number of hydrogen-bond acceptors (Lipinski definition) is 4. The molecule has 1 aliphatic rings. The Bertz CT molecular complexity index is 744. The Morgan fingerprint density at radius 1 is 1.26 bits per heavy atom. The summed E-state index contributed by atoms with van der Waals surface area (Å²) in [7, 11) is 0. The van der Waals surface area contributed by atoms with E-state index in [1.54, 1.807) is 16.2 Å². The molecule has 1 aromatic carbocycles. The van der Waals surface area contributed by atoms with Gasteiger partial charge in [0.05, 0.1) is 6.04 Å². The van der Waals surface area contributed by atoms with Gasteiger partial charge in [0.1, 0.15) is 0 Å². The van der Waals surface area contributed by atoms with Crippen molar-refractivity contribution in [1.82, 2.24) is 10.2 Å². The maximum atomic E-state index is 12.5. The van der Waals surface area contributed by atoms with Crippen LogP contribution in [0, 0.1) is 0 Å². The molecule has 2 amide bonds. The summed E-state index contributed by atoms with van der Waals surface area (Å²) in [6, 6.07) is 12.5. The van der Waals surface area contributed by atoms with E-state index in [9.17, 15) is 9.59 Å². The van der Waals surface area contributed by atoms with E-state index in [0.29, 0.717) is 13.0 Å². The number of benzene rings is 1. The molecule has 1 aromatic heterocycles. The van der Waals surface area contributed by atoms with Gasteiger partial charge in [0, 0.05) is 30.1 Å². The molecular formula is C21H26N2O2S2. The summed E-state index contributed by atoms with van der Waals surface area (Å²) >= 11 is 2.98. The number of thioether (sulfide) groups is 1. The van der Waals surface area contributed by atoms with E-state index in [1.165, 1.54) is 30.2 Å². The van der Waals surface area contributed by atoms with Crippen molar-refractivity contribution < 1.29 is 9.59 Å². The Morgan fingerprint density at radius 3 is 2.70 bits per heavy atom. The average Bonchev–Trinajstić information content (AvgIpc) is 3.35. The summed E-state index contributed by atoms with van der Waals surface area (Å²) in [5.41, 5.74) is 2.43. The minimum atomic E-state index is -0.138. The second-order valence-corrected chi connectivity index (χ2v) is 8.74. The third kappa shape index (κ3) is 5.59. The van der Waals surface area contributed by atoms with Crippen LogP contribution < -0.4 is 5.32 Å². The molecule has 4 nitrogen and oxygen atoms in total. The summed E-state index contributed by atoms with van der Waals surface area (Å²) in [6.07, 6.45) is 3.81. The number of hydrogen-bond donors (Lipinski definition) is 1. The van der Waals surface area contributed by atoms with Gasteiger partial charge in [0.15, 0.2) is 0 Å². The highest BCUT2D eigenvalue weighted by Crippen LogP contribution is 2.27. The fourth-order valence-electron chi connectivity index (χ4n) is 3.13. The molecule has 0 radical (unpaired) electrons. The van der Waals surface area contributed by atoms with Crippen LogP contribution in [0.2, 0.25) is 0 Å². The fraction of sp³-hybridized carbons (Fsp3) is 0.429. The van der Waals surface area contributed by atoms with E-state index in [2.05, 4.69) is 42.6 Å². The zero-order valence-electron chi connectivity index (χ0n) is 15.6. The Balaban J connectivity index is 1.65. The Hall–Kier alpha value is -1.79. The van der Waals surface area contributed by atoms with Crippen molar-refractivity contribution in [3.8, 4) is 0 Å². The molecule has 144 valence electrons. The van der Waals surface area contributed by atoms with E-state index < -0.39 is 0 Å². The number of nitrogens with one attached hydrogen (secondary N) is 1. The van der Waals surface area contributed by atoms with Crippen molar-refractivity contribution in [2.24, 2.45) is 0 Å². The second kappa shape index (κ2) is 9.95. The standard InChI is InChI=1S/C21H26N2O2S2/c1-2-3-5-16-7-9-17(10-8-16)20(18-6-4-14-26-18)22-19(24)11-12-23-13-15-27-21(23)25/h4,6-10,14,20H,2-3,5,11-13,15H2,1H3,(H,22,24). The van der Waals surface area contributed by atoms with E-state index in [1.807, 2.05) is 11.4 Å². The van der Waals surface area contributed by atoms with Gasteiger partial charge in [-0.15, -0.1) is 11.3 Å². The third-order valence-electron chi connectivity index (χ3n) is 4.72. The zero-order chi connectivity index (χ0) is 19.1. The first kappa shape index (κ1) is 20.0. The van der Waals surface area contributed by atoms with Crippen molar-refractivity contribution in [2.75, 3.05) is 18.8 Å². The predicted molar refractivity (Wildman–Crippen MR) is 113 cm³/mol. The molecule has 0 aliphatic carbocycles. The lowest BCUT2D eigenvalue weighted by Crippen LogP contribution is -2.33. The molecule has 1 atom stereocenters. The highest BCUT2D eigenvalue weighted by molar-refractivity contribution is 8.13. The summed E-state index contributed by atoms with van der Waals surface area (Å²) in [5, 5.41) is 5.28. The fourth-order valence-corrected chi connectivity index (χ4v) is 4.78. The normalized spacial score (nSPS) is 15.1. The Labute approximate surface area is 169 Å². The summed E-state index contributed by atoms with van der Waals surface area (Å²) in [4.78, 5) is 27.1. The number of aryl methyl sites for hydroxylation is 1. The number of thiophene rings is 1. The summed E-state index contributed by atoms with van der Waals surface area (Å²) in [5.74, 6) is 0.802. The maximum Gasteiger partial charge on any atom is 0.281 e. The molecule has 1 N–H and O–H groups in total. The van der Waals surface area contributed by atoms with Gasteiger partial charge in [0.25, 0.3) is 5.24 Å². The van der Waals surface area contributed by atoms with E-state index in [4.69, 9.17) is 0 Å². The van der Waals surface area contributed by atoms with Gasteiger partial charge >= 0.3 is 0 Å². The van der Waals surface area contributed by atoms with Crippen LogP contribution in [0.1, 0.15) is 48.2 Å². The van der Waals surface area contributed by atoms with Crippen LogP contribution in [0.3, 0.4) is 0 Å². The first-order chi connectivity index (χ1) is 13.2. The molecule has 1 aliphatic heterocycles.